The highest BCUT2D eigenvalue weighted by Crippen LogP contribution is 2.27. The van der Waals surface area contributed by atoms with Gasteiger partial charge in [-0.25, -0.2) is 18.4 Å². The van der Waals surface area contributed by atoms with Crippen LogP contribution >= 0.6 is 0 Å². The van der Waals surface area contributed by atoms with Crippen molar-refractivity contribution in [2.75, 3.05) is 69.2 Å². The van der Waals surface area contributed by atoms with Crippen LogP contribution in [0.4, 0.5) is 11.6 Å². The highest BCUT2D eigenvalue weighted by molar-refractivity contribution is 7.89. The fourth-order valence-corrected chi connectivity index (χ4v) is 6.37. The van der Waals surface area contributed by atoms with Crippen molar-refractivity contribution < 1.29 is 8.42 Å². The number of hydrogen-bond acceptors (Lipinski definition) is 7. The second kappa shape index (κ2) is 8.96. The summed E-state index contributed by atoms with van der Waals surface area (Å²) < 4.78 is 28.2. The lowest BCUT2D eigenvalue weighted by atomic mass is 9.92. The quantitative estimate of drug-likeness (QED) is 0.692. The molecule has 2 fully saturated rings. The molecule has 32 heavy (non-hydrogen) atoms. The van der Waals surface area contributed by atoms with Crippen molar-refractivity contribution >= 4 is 21.7 Å². The third-order valence-electron chi connectivity index (χ3n) is 6.99. The number of rotatable bonds is 4. The van der Waals surface area contributed by atoms with E-state index < -0.39 is 10.0 Å². The van der Waals surface area contributed by atoms with Gasteiger partial charge in [0.15, 0.2) is 0 Å². The standard InChI is InChI=1S/C23H32N6O2S/c1-26-8-10-27(11-9-26)22-17-23(25-18-24-22)28-12-14-29(15-13-28)32(30,31)21-7-6-19-4-2-3-5-20(19)16-21/h6-7,16-18H,2-5,8-15H2,1H3. The summed E-state index contributed by atoms with van der Waals surface area (Å²) in [6.45, 7) is 6.16. The Morgan fingerprint density at radius 2 is 1.34 bits per heavy atom. The zero-order valence-electron chi connectivity index (χ0n) is 18.8. The van der Waals surface area contributed by atoms with Gasteiger partial charge in [0, 0.05) is 58.4 Å². The van der Waals surface area contributed by atoms with E-state index in [2.05, 4.69) is 31.7 Å². The Morgan fingerprint density at radius 1 is 0.750 bits per heavy atom. The molecule has 0 amide bonds. The molecule has 1 aromatic carbocycles. The Hall–Kier alpha value is -2.23. The number of fused-ring (bicyclic) bond motifs is 1. The maximum absolute atomic E-state index is 13.3. The largest absolute Gasteiger partial charge is 0.354 e. The molecule has 2 aromatic rings. The van der Waals surface area contributed by atoms with Crippen molar-refractivity contribution in [2.45, 2.75) is 30.6 Å². The molecule has 3 aliphatic rings. The first-order chi connectivity index (χ1) is 15.5. The van der Waals surface area contributed by atoms with E-state index in [1.165, 1.54) is 17.5 Å². The van der Waals surface area contributed by atoms with Crippen molar-refractivity contribution in [1.82, 2.24) is 19.2 Å². The van der Waals surface area contributed by atoms with E-state index in [0.717, 1.165) is 57.1 Å². The SMILES string of the molecule is CN1CCN(c2cc(N3CCN(S(=O)(=O)c4ccc5c(c4)CCCC5)CC3)ncn2)CC1. The first-order valence-corrected chi connectivity index (χ1v) is 13.1. The highest BCUT2D eigenvalue weighted by atomic mass is 32.2. The Kier molecular flexibility index (Phi) is 6.05. The zero-order chi connectivity index (χ0) is 22.1. The van der Waals surface area contributed by atoms with Gasteiger partial charge in [-0.1, -0.05) is 6.07 Å². The molecule has 2 aliphatic heterocycles. The van der Waals surface area contributed by atoms with Gasteiger partial charge in [0.2, 0.25) is 10.0 Å². The highest BCUT2D eigenvalue weighted by Gasteiger charge is 2.30. The van der Waals surface area contributed by atoms with Gasteiger partial charge < -0.3 is 14.7 Å². The van der Waals surface area contributed by atoms with Crippen LogP contribution in [0.3, 0.4) is 0 Å². The lowest BCUT2D eigenvalue weighted by Gasteiger charge is -2.36. The second-order valence-corrected chi connectivity index (χ2v) is 11.0. The average Bonchev–Trinajstić information content (AvgIpc) is 2.84. The number of aryl methyl sites for hydroxylation is 2. The molecular weight excluding hydrogens is 424 g/mol. The van der Waals surface area contributed by atoms with Crippen LogP contribution in [0.2, 0.25) is 0 Å². The molecule has 5 rings (SSSR count). The average molecular weight is 457 g/mol. The first kappa shape index (κ1) is 21.6. The molecule has 0 radical (unpaired) electrons. The minimum atomic E-state index is -3.47. The smallest absolute Gasteiger partial charge is 0.243 e. The van der Waals surface area contributed by atoms with Crippen molar-refractivity contribution in [3.63, 3.8) is 0 Å². The maximum Gasteiger partial charge on any atom is 0.243 e. The first-order valence-electron chi connectivity index (χ1n) is 11.6. The van der Waals surface area contributed by atoms with Gasteiger partial charge in [0.1, 0.15) is 18.0 Å². The Balaban J connectivity index is 1.26. The summed E-state index contributed by atoms with van der Waals surface area (Å²) in [5, 5.41) is 0. The van der Waals surface area contributed by atoms with Crippen LogP contribution in [0, 0.1) is 0 Å². The summed E-state index contributed by atoms with van der Waals surface area (Å²) in [7, 11) is -1.33. The topological polar surface area (TPSA) is 72.9 Å². The number of anilines is 2. The van der Waals surface area contributed by atoms with Crippen molar-refractivity contribution in [3.8, 4) is 0 Å². The van der Waals surface area contributed by atoms with E-state index >= 15 is 0 Å². The molecule has 3 heterocycles. The lowest BCUT2D eigenvalue weighted by Crippen LogP contribution is -2.49. The Labute approximate surface area is 190 Å². The van der Waals surface area contributed by atoms with E-state index in [1.807, 2.05) is 18.2 Å². The lowest BCUT2D eigenvalue weighted by molar-refractivity contribution is 0.312. The molecule has 0 unspecified atom stereocenters. The van der Waals surface area contributed by atoms with Gasteiger partial charge in [-0.2, -0.15) is 4.31 Å². The monoisotopic (exact) mass is 456 g/mol. The van der Waals surface area contributed by atoms with Gasteiger partial charge >= 0.3 is 0 Å². The molecule has 0 bridgehead atoms. The van der Waals surface area contributed by atoms with Crippen LogP contribution in [0.5, 0.6) is 0 Å². The van der Waals surface area contributed by atoms with Gasteiger partial charge in [-0.15, -0.1) is 0 Å². The number of aromatic nitrogens is 2. The molecule has 0 saturated carbocycles. The Morgan fingerprint density at radius 3 is 2.00 bits per heavy atom. The number of sulfonamides is 1. The number of nitrogens with zero attached hydrogens (tertiary/aromatic N) is 6. The maximum atomic E-state index is 13.3. The molecule has 0 spiro atoms. The molecule has 2 saturated heterocycles. The fraction of sp³-hybridized carbons (Fsp3) is 0.565. The predicted octanol–water partition coefficient (Wildman–Crippen LogP) is 1.62. The van der Waals surface area contributed by atoms with E-state index in [0.29, 0.717) is 31.1 Å². The van der Waals surface area contributed by atoms with E-state index in [1.54, 1.807) is 16.7 Å². The third kappa shape index (κ3) is 4.33. The normalized spacial score (nSPS) is 20.9. The van der Waals surface area contributed by atoms with Gasteiger partial charge in [0.05, 0.1) is 4.90 Å². The molecule has 0 atom stereocenters. The van der Waals surface area contributed by atoms with Gasteiger partial charge in [-0.3, -0.25) is 0 Å². The zero-order valence-corrected chi connectivity index (χ0v) is 19.6. The summed E-state index contributed by atoms with van der Waals surface area (Å²) in [6.07, 6.45) is 6.00. The summed E-state index contributed by atoms with van der Waals surface area (Å²) in [5.74, 6) is 1.83. The summed E-state index contributed by atoms with van der Waals surface area (Å²) in [6, 6.07) is 7.75. The number of benzene rings is 1. The van der Waals surface area contributed by atoms with Gasteiger partial charge in [-0.05, 0) is 56.0 Å². The van der Waals surface area contributed by atoms with Crippen LogP contribution in [-0.4, -0.2) is 87.0 Å². The molecule has 1 aliphatic carbocycles. The van der Waals surface area contributed by atoms with E-state index in [9.17, 15) is 8.42 Å². The van der Waals surface area contributed by atoms with Crippen LogP contribution in [0.25, 0.3) is 0 Å². The van der Waals surface area contributed by atoms with Crippen LogP contribution in [0.15, 0.2) is 35.5 Å². The van der Waals surface area contributed by atoms with Crippen molar-refractivity contribution in [3.05, 3.63) is 41.7 Å². The molecule has 172 valence electrons. The molecule has 1 aromatic heterocycles. The predicted molar refractivity (Wildman–Crippen MR) is 126 cm³/mol. The van der Waals surface area contributed by atoms with Crippen LogP contribution in [0.1, 0.15) is 24.0 Å². The minimum Gasteiger partial charge on any atom is -0.354 e. The second-order valence-electron chi connectivity index (χ2n) is 9.05. The third-order valence-corrected chi connectivity index (χ3v) is 8.88. The number of hydrogen-bond donors (Lipinski definition) is 0. The van der Waals surface area contributed by atoms with E-state index in [4.69, 9.17) is 0 Å². The minimum absolute atomic E-state index is 0.436. The van der Waals surface area contributed by atoms with Gasteiger partial charge in [0.25, 0.3) is 0 Å². The molecule has 0 N–H and O–H groups in total. The van der Waals surface area contributed by atoms with Crippen LogP contribution < -0.4 is 9.80 Å². The molecule has 8 nitrogen and oxygen atoms in total. The fourth-order valence-electron chi connectivity index (χ4n) is 4.90. The van der Waals surface area contributed by atoms with E-state index in [-0.39, 0.29) is 0 Å². The summed E-state index contributed by atoms with van der Waals surface area (Å²) in [4.78, 5) is 16.2. The molecular formula is C23H32N6O2S. The Bertz CT molecular complexity index is 1060. The molecule has 9 heteroatoms. The van der Waals surface area contributed by atoms with Crippen LogP contribution in [-0.2, 0) is 22.9 Å². The number of likely N-dealkylation sites (N-methyl/N-ethyl adjacent to an activating group) is 1. The summed E-state index contributed by atoms with van der Waals surface area (Å²) in [5.41, 5.74) is 2.51. The number of piperazine rings is 2. The van der Waals surface area contributed by atoms with Crippen molar-refractivity contribution in [2.24, 2.45) is 0 Å². The van der Waals surface area contributed by atoms with Crippen molar-refractivity contribution in [1.29, 1.82) is 0 Å². The summed E-state index contributed by atoms with van der Waals surface area (Å²) >= 11 is 0.